The monoisotopic (exact) mass is 269 g/mol. The van der Waals surface area contributed by atoms with Crippen LogP contribution in [-0.4, -0.2) is 71.8 Å². The number of hydrogen-bond donors (Lipinski definition) is 1. The number of likely N-dealkylation sites (tertiary alicyclic amines) is 1. The van der Waals surface area contributed by atoms with E-state index in [0.29, 0.717) is 6.54 Å². The van der Waals surface area contributed by atoms with Crippen LogP contribution >= 0.6 is 0 Å². The lowest BCUT2D eigenvalue weighted by Crippen LogP contribution is -2.46. The number of oxime groups is 1. The molecule has 2 unspecified atom stereocenters. The molecule has 1 fully saturated rings. The van der Waals surface area contributed by atoms with Gasteiger partial charge in [0.25, 0.3) is 5.91 Å². The van der Waals surface area contributed by atoms with Crippen molar-refractivity contribution in [2.45, 2.75) is 31.4 Å². The molecule has 0 radical (unpaired) electrons. The van der Waals surface area contributed by atoms with Crippen LogP contribution in [0.1, 0.15) is 19.3 Å². The number of carboxylic acids is 1. The standard InChI is InChI=1S/C12H19N3O4/c1-14(2)7-8-4-3-5-15(8)11(16)10-6-9(12(17)18)13-19-10/h8,10H,3-7H2,1-2H3,(H,17,18). The Morgan fingerprint density at radius 2 is 2.26 bits per heavy atom. The molecule has 2 aliphatic rings. The van der Waals surface area contributed by atoms with E-state index in [1.165, 1.54) is 0 Å². The van der Waals surface area contributed by atoms with Gasteiger partial charge in [0.15, 0.2) is 5.71 Å². The molecular weight excluding hydrogens is 250 g/mol. The molecule has 0 saturated carbocycles. The van der Waals surface area contributed by atoms with Crippen LogP contribution in [0.4, 0.5) is 0 Å². The van der Waals surface area contributed by atoms with Crippen molar-refractivity contribution in [1.82, 2.24) is 9.80 Å². The third-order valence-corrected chi connectivity index (χ3v) is 3.43. The van der Waals surface area contributed by atoms with Crippen molar-refractivity contribution in [3.8, 4) is 0 Å². The molecule has 0 spiro atoms. The van der Waals surface area contributed by atoms with E-state index in [1.807, 2.05) is 19.0 Å². The summed E-state index contributed by atoms with van der Waals surface area (Å²) in [7, 11) is 3.94. The van der Waals surface area contributed by atoms with Crippen molar-refractivity contribution in [3.05, 3.63) is 0 Å². The summed E-state index contributed by atoms with van der Waals surface area (Å²) in [5.74, 6) is -1.27. The second-order valence-electron chi connectivity index (χ2n) is 5.23. The van der Waals surface area contributed by atoms with E-state index in [-0.39, 0.29) is 24.1 Å². The molecule has 0 aromatic rings. The van der Waals surface area contributed by atoms with Gasteiger partial charge in [-0.25, -0.2) is 4.79 Å². The first-order chi connectivity index (χ1) is 8.99. The van der Waals surface area contributed by atoms with Crippen molar-refractivity contribution in [2.24, 2.45) is 5.16 Å². The van der Waals surface area contributed by atoms with Gasteiger partial charge >= 0.3 is 5.97 Å². The van der Waals surface area contributed by atoms with Crippen LogP contribution in [0.15, 0.2) is 5.16 Å². The summed E-state index contributed by atoms with van der Waals surface area (Å²) in [6.07, 6.45) is 1.24. The molecule has 7 nitrogen and oxygen atoms in total. The molecule has 2 atom stereocenters. The molecule has 19 heavy (non-hydrogen) atoms. The highest BCUT2D eigenvalue weighted by atomic mass is 16.6. The fraction of sp³-hybridized carbons (Fsp3) is 0.750. The van der Waals surface area contributed by atoms with E-state index in [0.717, 1.165) is 19.4 Å². The van der Waals surface area contributed by atoms with Crippen LogP contribution in [0.25, 0.3) is 0 Å². The molecule has 106 valence electrons. The number of carbonyl (C=O) groups is 2. The van der Waals surface area contributed by atoms with Crippen LogP contribution in [0.3, 0.4) is 0 Å². The fourth-order valence-electron chi connectivity index (χ4n) is 2.56. The van der Waals surface area contributed by atoms with Crippen molar-refractivity contribution < 1.29 is 19.5 Å². The Bertz CT molecular complexity index is 408. The summed E-state index contributed by atoms with van der Waals surface area (Å²) < 4.78 is 0. The molecule has 1 N–H and O–H groups in total. The van der Waals surface area contributed by atoms with Crippen LogP contribution < -0.4 is 0 Å². The number of likely N-dealkylation sites (N-methyl/N-ethyl adjacent to an activating group) is 1. The molecule has 0 aliphatic carbocycles. The quantitative estimate of drug-likeness (QED) is 0.762. The third kappa shape index (κ3) is 3.04. The van der Waals surface area contributed by atoms with Gasteiger partial charge in [0.05, 0.1) is 0 Å². The van der Waals surface area contributed by atoms with E-state index in [1.54, 1.807) is 4.90 Å². The second-order valence-corrected chi connectivity index (χ2v) is 5.23. The van der Waals surface area contributed by atoms with E-state index in [9.17, 15) is 9.59 Å². The molecular formula is C12H19N3O4. The first-order valence-corrected chi connectivity index (χ1v) is 6.40. The van der Waals surface area contributed by atoms with Crippen molar-refractivity contribution in [1.29, 1.82) is 0 Å². The van der Waals surface area contributed by atoms with E-state index < -0.39 is 12.1 Å². The highest BCUT2D eigenvalue weighted by Crippen LogP contribution is 2.22. The van der Waals surface area contributed by atoms with Crippen molar-refractivity contribution >= 4 is 17.6 Å². The van der Waals surface area contributed by atoms with Gasteiger partial charge < -0.3 is 19.7 Å². The summed E-state index contributed by atoms with van der Waals surface area (Å²) >= 11 is 0. The average molecular weight is 269 g/mol. The highest BCUT2D eigenvalue weighted by molar-refractivity contribution is 6.36. The summed E-state index contributed by atoms with van der Waals surface area (Å²) in [6.45, 7) is 1.52. The Balaban J connectivity index is 1.95. The molecule has 2 aliphatic heterocycles. The summed E-state index contributed by atoms with van der Waals surface area (Å²) in [5, 5.41) is 12.3. The highest BCUT2D eigenvalue weighted by Gasteiger charge is 2.38. The molecule has 2 heterocycles. The lowest BCUT2D eigenvalue weighted by molar-refractivity contribution is -0.143. The number of aliphatic carboxylic acids is 1. The Kier molecular flexibility index (Phi) is 4.04. The summed E-state index contributed by atoms with van der Waals surface area (Å²) in [6, 6.07) is 0.181. The zero-order chi connectivity index (χ0) is 14.0. The first-order valence-electron chi connectivity index (χ1n) is 6.40. The van der Waals surface area contributed by atoms with Crippen LogP contribution in [0, 0.1) is 0 Å². The zero-order valence-corrected chi connectivity index (χ0v) is 11.2. The lowest BCUT2D eigenvalue weighted by atomic mass is 10.1. The second kappa shape index (κ2) is 5.56. The fourth-order valence-corrected chi connectivity index (χ4v) is 2.56. The molecule has 7 heteroatoms. The predicted octanol–water partition coefficient (Wildman–Crippen LogP) is -0.231. The minimum absolute atomic E-state index is 0.0549. The van der Waals surface area contributed by atoms with Gasteiger partial charge in [0, 0.05) is 25.6 Å². The summed E-state index contributed by atoms with van der Waals surface area (Å²) in [5.41, 5.74) is -0.0818. The van der Waals surface area contributed by atoms with Crippen molar-refractivity contribution in [3.63, 3.8) is 0 Å². The maximum absolute atomic E-state index is 12.3. The number of nitrogens with zero attached hydrogens (tertiary/aromatic N) is 3. The Morgan fingerprint density at radius 1 is 1.53 bits per heavy atom. The number of hydrogen-bond acceptors (Lipinski definition) is 5. The predicted molar refractivity (Wildman–Crippen MR) is 67.8 cm³/mol. The van der Waals surface area contributed by atoms with Gasteiger partial charge in [0.1, 0.15) is 0 Å². The minimum atomic E-state index is -1.12. The molecule has 0 aromatic carbocycles. The maximum atomic E-state index is 12.3. The molecule has 2 rings (SSSR count). The number of carboxylic acid groups (broad SMARTS) is 1. The van der Waals surface area contributed by atoms with Crippen LogP contribution in [0.5, 0.6) is 0 Å². The minimum Gasteiger partial charge on any atom is -0.477 e. The molecule has 1 amide bonds. The SMILES string of the molecule is CN(C)CC1CCCN1C(=O)C1CC(C(=O)O)=NO1. The Labute approximate surface area is 111 Å². The normalized spacial score (nSPS) is 26.5. The third-order valence-electron chi connectivity index (χ3n) is 3.43. The number of rotatable bonds is 4. The van der Waals surface area contributed by atoms with Gasteiger partial charge in [-0.15, -0.1) is 0 Å². The van der Waals surface area contributed by atoms with Crippen molar-refractivity contribution in [2.75, 3.05) is 27.2 Å². The maximum Gasteiger partial charge on any atom is 0.353 e. The Hall–Kier alpha value is -1.63. The number of amides is 1. The average Bonchev–Trinajstić information content (AvgIpc) is 2.95. The van der Waals surface area contributed by atoms with E-state index in [4.69, 9.17) is 9.94 Å². The smallest absolute Gasteiger partial charge is 0.353 e. The van der Waals surface area contributed by atoms with Crippen LogP contribution in [-0.2, 0) is 14.4 Å². The molecule has 1 saturated heterocycles. The van der Waals surface area contributed by atoms with Gasteiger partial charge in [-0.2, -0.15) is 0 Å². The van der Waals surface area contributed by atoms with E-state index >= 15 is 0 Å². The Morgan fingerprint density at radius 3 is 2.84 bits per heavy atom. The van der Waals surface area contributed by atoms with Gasteiger partial charge in [0.2, 0.25) is 6.10 Å². The van der Waals surface area contributed by atoms with E-state index in [2.05, 4.69) is 5.16 Å². The number of carbonyl (C=O) groups excluding carboxylic acids is 1. The van der Waals surface area contributed by atoms with Gasteiger partial charge in [-0.3, -0.25) is 4.79 Å². The first kappa shape index (κ1) is 13.8. The molecule has 0 aromatic heterocycles. The van der Waals surface area contributed by atoms with Gasteiger partial charge in [-0.05, 0) is 26.9 Å². The van der Waals surface area contributed by atoms with Crippen LogP contribution in [0.2, 0.25) is 0 Å². The topological polar surface area (TPSA) is 82.4 Å². The zero-order valence-electron chi connectivity index (χ0n) is 11.2. The summed E-state index contributed by atoms with van der Waals surface area (Å²) in [4.78, 5) is 31.9. The van der Waals surface area contributed by atoms with Gasteiger partial charge in [-0.1, -0.05) is 5.16 Å². The lowest BCUT2D eigenvalue weighted by Gasteiger charge is -2.28. The molecule has 0 bridgehead atoms. The largest absolute Gasteiger partial charge is 0.477 e.